The van der Waals surface area contributed by atoms with E-state index in [1.807, 2.05) is 78.3 Å². The molecule has 3 aromatic carbocycles. The van der Waals surface area contributed by atoms with E-state index >= 15 is 0 Å². The SMILES string of the molecule is Cn1c(SCC(=O)Nc2ccc(-c3ccccc3)cc2)nnc1-c1ccc(Cl)cc1. The second-order valence-corrected chi connectivity index (χ2v) is 8.03. The van der Waals surface area contributed by atoms with E-state index in [-0.39, 0.29) is 11.7 Å². The van der Waals surface area contributed by atoms with Crippen LogP contribution in [0.5, 0.6) is 0 Å². The third kappa shape index (κ3) is 4.72. The summed E-state index contributed by atoms with van der Waals surface area (Å²) in [7, 11) is 1.88. The molecule has 0 aliphatic carbocycles. The van der Waals surface area contributed by atoms with Gasteiger partial charge in [0.2, 0.25) is 5.91 Å². The standard InChI is InChI=1S/C23H19ClN4OS/c1-28-22(18-7-11-19(24)12-8-18)26-27-23(28)30-15-21(29)25-20-13-9-17(10-14-20)16-5-3-2-4-6-16/h2-14H,15H2,1H3,(H,25,29). The lowest BCUT2D eigenvalue weighted by atomic mass is 10.1. The van der Waals surface area contributed by atoms with E-state index in [2.05, 4.69) is 27.6 Å². The van der Waals surface area contributed by atoms with Gasteiger partial charge in [-0.1, -0.05) is 65.8 Å². The number of rotatable bonds is 6. The zero-order valence-electron chi connectivity index (χ0n) is 16.2. The molecular formula is C23H19ClN4OS. The lowest BCUT2D eigenvalue weighted by molar-refractivity contribution is -0.113. The molecule has 7 heteroatoms. The zero-order valence-corrected chi connectivity index (χ0v) is 17.8. The number of aromatic nitrogens is 3. The molecule has 1 N–H and O–H groups in total. The van der Waals surface area contributed by atoms with Crippen LogP contribution >= 0.6 is 23.4 Å². The van der Waals surface area contributed by atoms with Crippen LogP contribution in [0.4, 0.5) is 5.69 Å². The monoisotopic (exact) mass is 434 g/mol. The lowest BCUT2D eigenvalue weighted by Gasteiger charge is -2.07. The van der Waals surface area contributed by atoms with Crippen molar-refractivity contribution in [1.82, 2.24) is 14.8 Å². The van der Waals surface area contributed by atoms with E-state index in [0.717, 1.165) is 28.2 Å². The van der Waals surface area contributed by atoms with Gasteiger partial charge < -0.3 is 9.88 Å². The second kappa shape index (κ2) is 9.15. The average Bonchev–Trinajstić information content (AvgIpc) is 3.14. The molecule has 0 aliphatic heterocycles. The Morgan fingerprint density at radius 2 is 1.53 bits per heavy atom. The van der Waals surface area contributed by atoms with Gasteiger partial charge >= 0.3 is 0 Å². The molecule has 1 heterocycles. The van der Waals surface area contributed by atoms with Crippen LogP contribution in [0.1, 0.15) is 0 Å². The maximum Gasteiger partial charge on any atom is 0.234 e. The molecule has 0 atom stereocenters. The number of hydrogen-bond acceptors (Lipinski definition) is 4. The van der Waals surface area contributed by atoms with Gasteiger partial charge in [-0.05, 0) is 47.5 Å². The molecule has 0 aliphatic rings. The van der Waals surface area contributed by atoms with Crippen molar-refractivity contribution in [1.29, 1.82) is 0 Å². The summed E-state index contributed by atoms with van der Waals surface area (Å²) in [5, 5.41) is 12.7. The quantitative estimate of drug-likeness (QED) is 0.405. The van der Waals surface area contributed by atoms with Crippen molar-refractivity contribution in [2.45, 2.75) is 5.16 Å². The minimum atomic E-state index is -0.0940. The molecule has 0 fully saturated rings. The fourth-order valence-corrected chi connectivity index (χ4v) is 3.83. The van der Waals surface area contributed by atoms with Crippen molar-refractivity contribution in [3.63, 3.8) is 0 Å². The highest BCUT2D eigenvalue weighted by Crippen LogP contribution is 2.24. The molecule has 0 bridgehead atoms. The molecular weight excluding hydrogens is 416 g/mol. The Morgan fingerprint density at radius 1 is 0.900 bits per heavy atom. The van der Waals surface area contributed by atoms with Gasteiger partial charge in [0, 0.05) is 23.3 Å². The number of anilines is 1. The fraction of sp³-hybridized carbons (Fsp3) is 0.0870. The Balaban J connectivity index is 1.36. The van der Waals surface area contributed by atoms with Crippen LogP contribution in [0.25, 0.3) is 22.5 Å². The van der Waals surface area contributed by atoms with Crippen LogP contribution in [0.15, 0.2) is 84.0 Å². The van der Waals surface area contributed by atoms with Crippen molar-refractivity contribution in [3.8, 4) is 22.5 Å². The molecule has 0 unspecified atom stereocenters. The third-order valence-electron chi connectivity index (χ3n) is 4.55. The van der Waals surface area contributed by atoms with Crippen molar-refractivity contribution < 1.29 is 4.79 Å². The summed E-state index contributed by atoms with van der Waals surface area (Å²) >= 11 is 7.29. The average molecular weight is 435 g/mol. The summed E-state index contributed by atoms with van der Waals surface area (Å²) < 4.78 is 1.87. The number of carbonyl (C=O) groups is 1. The van der Waals surface area contributed by atoms with Gasteiger partial charge in [0.15, 0.2) is 11.0 Å². The second-order valence-electron chi connectivity index (χ2n) is 6.65. The van der Waals surface area contributed by atoms with E-state index < -0.39 is 0 Å². The Morgan fingerprint density at radius 3 is 2.23 bits per heavy atom. The third-order valence-corrected chi connectivity index (χ3v) is 5.82. The maximum atomic E-state index is 12.4. The highest BCUT2D eigenvalue weighted by Gasteiger charge is 2.13. The van der Waals surface area contributed by atoms with E-state index in [9.17, 15) is 4.79 Å². The molecule has 0 saturated carbocycles. The van der Waals surface area contributed by atoms with Gasteiger partial charge in [-0.15, -0.1) is 10.2 Å². The molecule has 1 aromatic heterocycles. The summed E-state index contributed by atoms with van der Waals surface area (Å²) in [6, 6.07) is 25.4. The largest absolute Gasteiger partial charge is 0.325 e. The number of nitrogens with zero attached hydrogens (tertiary/aromatic N) is 3. The number of benzene rings is 3. The van der Waals surface area contributed by atoms with Crippen molar-refractivity contribution in [2.75, 3.05) is 11.1 Å². The maximum absolute atomic E-state index is 12.4. The molecule has 0 spiro atoms. The normalized spacial score (nSPS) is 10.7. The summed E-state index contributed by atoms with van der Waals surface area (Å²) in [6.45, 7) is 0. The van der Waals surface area contributed by atoms with Gasteiger partial charge in [-0.25, -0.2) is 0 Å². The van der Waals surface area contributed by atoms with E-state index in [1.165, 1.54) is 11.8 Å². The van der Waals surface area contributed by atoms with E-state index in [0.29, 0.717) is 10.2 Å². The van der Waals surface area contributed by atoms with Crippen LogP contribution in [-0.2, 0) is 11.8 Å². The van der Waals surface area contributed by atoms with Crippen molar-refractivity contribution in [3.05, 3.63) is 83.9 Å². The molecule has 30 heavy (non-hydrogen) atoms. The van der Waals surface area contributed by atoms with Crippen LogP contribution in [0.3, 0.4) is 0 Å². The van der Waals surface area contributed by atoms with Crippen LogP contribution in [-0.4, -0.2) is 26.4 Å². The fourth-order valence-electron chi connectivity index (χ4n) is 2.99. The first-order valence-electron chi connectivity index (χ1n) is 9.33. The predicted molar refractivity (Wildman–Crippen MR) is 123 cm³/mol. The lowest BCUT2D eigenvalue weighted by Crippen LogP contribution is -2.14. The molecule has 0 saturated heterocycles. The summed E-state index contributed by atoms with van der Waals surface area (Å²) in [5.74, 6) is 0.877. The Hall–Kier alpha value is -3.09. The Bertz CT molecular complexity index is 1140. The van der Waals surface area contributed by atoms with Crippen molar-refractivity contribution >= 4 is 35.0 Å². The number of thioether (sulfide) groups is 1. The topological polar surface area (TPSA) is 59.8 Å². The number of nitrogens with one attached hydrogen (secondary N) is 1. The predicted octanol–water partition coefficient (Wildman–Crippen LogP) is 5.53. The highest BCUT2D eigenvalue weighted by atomic mass is 35.5. The van der Waals surface area contributed by atoms with E-state index in [4.69, 9.17) is 11.6 Å². The first-order valence-corrected chi connectivity index (χ1v) is 10.7. The summed E-state index contributed by atoms with van der Waals surface area (Å²) in [4.78, 5) is 12.4. The van der Waals surface area contributed by atoms with Crippen LogP contribution < -0.4 is 5.32 Å². The van der Waals surface area contributed by atoms with E-state index in [1.54, 1.807) is 0 Å². The zero-order chi connectivity index (χ0) is 20.9. The molecule has 0 radical (unpaired) electrons. The Labute approximate surface area is 184 Å². The smallest absolute Gasteiger partial charge is 0.234 e. The van der Waals surface area contributed by atoms with Gasteiger partial charge in [0.1, 0.15) is 0 Å². The first kappa shape index (κ1) is 20.2. The number of carbonyl (C=O) groups excluding carboxylic acids is 1. The molecule has 4 aromatic rings. The minimum absolute atomic E-state index is 0.0940. The molecule has 1 amide bonds. The van der Waals surface area contributed by atoms with Gasteiger partial charge in [0.05, 0.1) is 5.75 Å². The van der Waals surface area contributed by atoms with Gasteiger partial charge in [0.25, 0.3) is 0 Å². The van der Waals surface area contributed by atoms with Crippen LogP contribution in [0.2, 0.25) is 5.02 Å². The number of amides is 1. The van der Waals surface area contributed by atoms with Crippen molar-refractivity contribution in [2.24, 2.45) is 7.05 Å². The summed E-state index contributed by atoms with van der Waals surface area (Å²) in [6.07, 6.45) is 0. The molecule has 4 rings (SSSR count). The highest BCUT2D eigenvalue weighted by molar-refractivity contribution is 7.99. The Kier molecular flexibility index (Phi) is 6.16. The van der Waals surface area contributed by atoms with Crippen LogP contribution in [0, 0.1) is 0 Å². The number of halogens is 1. The minimum Gasteiger partial charge on any atom is -0.325 e. The summed E-state index contributed by atoms with van der Waals surface area (Å²) in [5.41, 5.74) is 3.94. The first-order chi connectivity index (χ1) is 14.6. The number of hydrogen-bond donors (Lipinski definition) is 1. The molecule has 5 nitrogen and oxygen atoms in total. The van der Waals surface area contributed by atoms with Gasteiger partial charge in [-0.2, -0.15) is 0 Å². The van der Waals surface area contributed by atoms with Gasteiger partial charge in [-0.3, -0.25) is 4.79 Å². The molecule has 150 valence electrons.